The van der Waals surface area contributed by atoms with Crippen molar-refractivity contribution in [3.05, 3.63) is 71.8 Å². The Bertz CT molecular complexity index is 583. The van der Waals surface area contributed by atoms with E-state index in [0.717, 1.165) is 6.54 Å². The molecule has 2 rings (SSSR count). The highest BCUT2D eigenvalue weighted by molar-refractivity contribution is 5.69. The van der Waals surface area contributed by atoms with Gasteiger partial charge in [0.05, 0.1) is 13.0 Å². The van der Waals surface area contributed by atoms with Crippen LogP contribution in [0.3, 0.4) is 0 Å². The second-order valence-corrected chi connectivity index (χ2v) is 5.60. The highest BCUT2D eigenvalue weighted by Gasteiger charge is 2.17. The van der Waals surface area contributed by atoms with E-state index in [0.29, 0.717) is 19.6 Å². The van der Waals surface area contributed by atoms with Crippen molar-refractivity contribution in [2.45, 2.75) is 32.9 Å². The third-order valence-electron chi connectivity index (χ3n) is 3.97. The molecule has 3 heteroatoms. The lowest BCUT2D eigenvalue weighted by Gasteiger charge is -2.29. The summed E-state index contributed by atoms with van der Waals surface area (Å²) < 4.78 is 5.06. The first-order chi connectivity index (χ1) is 11.2. The van der Waals surface area contributed by atoms with E-state index in [1.54, 1.807) is 0 Å². The normalized spacial score (nSPS) is 12.1. The average molecular weight is 311 g/mol. The van der Waals surface area contributed by atoms with Gasteiger partial charge in [0, 0.05) is 19.1 Å². The van der Waals surface area contributed by atoms with Gasteiger partial charge in [-0.15, -0.1) is 0 Å². The molecule has 0 saturated heterocycles. The molecule has 0 aliphatic carbocycles. The summed E-state index contributed by atoms with van der Waals surface area (Å²) in [4.78, 5) is 14.0. The van der Waals surface area contributed by atoms with Crippen molar-refractivity contribution < 1.29 is 9.53 Å². The van der Waals surface area contributed by atoms with Crippen molar-refractivity contribution in [2.75, 3.05) is 13.2 Å². The van der Waals surface area contributed by atoms with Gasteiger partial charge in [0.15, 0.2) is 0 Å². The molecular weight excluding hydrogens is 286 g/mol. The summed E-state index contributed by atoms with van der Waals surface area (Å²) in [5.74, 6) is -0.133. The molecule has 0 unspecified atom stereocenters. The first-order valence-corrected chi connectivity index (χ1v) is 8.19. The first-order valence-electron chi connectivity index (χ1n) is 8.19. The number of rotatable bonds is 8. The molecule has 0 fully saturated rings. The van der Waals surface area contributed by atoms with Crippen LogP contribution in [0.1, 0.15) is 37.4 Å². The number of carbonyl (C=O) groups is 1. The number of esters is 1. The summed E-state index contributed by atoms with van der Waals surface area (Å²) in [6, 6.07) is 21.0. The van der Waals surface area contributed by atoms with E-state index >= 15 is 0 Å². The Morgan fingerprint density at radius 1 is 1.04 bits per heavy atom. The third kappa shape index (κ3) is 5.53. The zero-order chi connectivity index (χ0) is 16.5. The van der Waals surface area contributed by atoms with Gasteiger partial charge < -0.3 is 4.74 Å². The Kier molecular flexibility index (Phi) is 6.82. The van der Waals surface area contributed by atoms with Gasteiger partial charge in [0.2, 0.25) is 0 Å². The van der Waals surface area contributed by atoms with Crippen LogP contribution in [0.2, 0.25) is 0 Å². The van der Waals surface area contributed by atoms with Crippen molar-refractivity contribution in [1.29, 1.82) is 0 Å². The second-order valence-electron chi connectivity index (χ2n) is 5.60. The van der Waals surface area contributed by atoms with Crippen LogP contribution in [0.15, 0.2) is 60.7 Å². The van der Waals surface area contributed by atoms with Gasteiger partial charge in [0.25, 0.3) is 0 Å². The van der Waals surface area contributed by atoms with Crippen LogP contribution in [-0.4, -0.2) is 24.0 Å². The number of benzene rings is 2. The maximum absolute atomic E-state index is 11.7. The van der Waals surface area contributed by atoms with E-state index < -0.39 is 0 Å². The van der Waals surface area contributed by atoms with Crippen molar-refractivity contribution in [2.24, 2.45) is 0 Å². The lowest BCUT2D eigenvalue weighted by Crippen LogP contribution is -2.29. The van der Waals surface area contributed by atoms with Gasteiger partial charge in [0.1, 0.15) is 0 Å². The lowest BCUT2D eigenvalue weighted by molar-refractivity contribution is -0.143. The van der Waals surface area contributed by atoms with Crippen LogP contribution in [0.25, 0.3) is 0 Å². The molecule has 2 aromatic carbocycles. The number of carbonyl (C=O) groups excluding carboxylic acids is 1. The molecule has 0 amide bonds. The van der Waals surface area contributed by atoms with E-state index in [9.17, 15) is 4.79 Å². The van der Waals surface area contributed by atoms with Crippen LogP contribution >= 0.6 is 0 Å². The summed E-state index contributed by atoms with van der Waals surface area (Å²) in [6.45, 7) is 5.96. The molecule has 0 aliphatic rings. The fourth-order valence-corrected chi connectivity index (χ4v) is 2.64. The number of nitrogens with zero attached hydrogens (tertiary/aromatic N) is 1. The molecule has 2 aromatic rings. The van der Waals surface area contributed by atoms with Crippen molar-refractivity contribution in [3.63, 3.8) is 0 Å². The lowest BCUT2D eigenvalue weighted by atomic mass is 10.1. The predicted molar refractivity (Wildman–Crippen MR) is 93.0 cm³/mol. The minimum absolute atomic E-state index is 0.133. The van der Waals surface area contributed by atoms with E-state index in [4.69, 9.17) is 4.74 Å². The maximum Gasteiger partial charge on any atom is 0.307 e. The minimum atomic E-state index is -0.133. The molecule has 3 nitrogen and oxygen atoms in total. The third-order valence-corrected chi connectivity index (χ3v) is 3.97. The molecular formula is C20H25NO2. The smallest absolute Gasteiger partial charge is 0.307 e. The monoisotopic (exact) mass is 311 g/mol. The van der Waals surface area contributed by atoms with E-state index in [2.05, 4.69) is 48.2 Å². The predicted octanol–water partition coefficient (Wildman–Crippen LogP) is 4.20. The van der Waals surface area contributed by atoms with Crippen molar-refractivity contribution in [1.82, 2.24) is 4.90 Å². The number of hydrogen-bond acceptors (Lipinski definition) is 3. The maximum atomic E-state index is 11.7. The molecule has 0 aromatic heterocycles. The highest BCUT2D eigenvalue weighted by Crippen LogP contribution is 2.22. The van der Waals surface area contributed by atoms with Gasteiger partial charge in [-0.05, 0) is 25.0 Å². The Balaban J connectivity index is 2.08. The Morgan fingerprint density at radius 3 is 2.26 bits per heavy atom. The van der Waals surface area contributed by atoms with Crippen molar-refractivity contribution >= 4 is 5.97 Å². The van der Waals surface area contributed by atoms with Crippen LogP contribution in [0, 0.1) is 0 Å². The molecule has 1 atom stereocenters. The highest BCUT2D eigenvalue weighted by atomic mass is 16.5. The van der Waals surface area contributed by atoms with E-state index in [1.165, 1.54) is 11.1 Å². The average Bonchev–Trinajstić information content (AvgIpc) is 2.60. The summed E-state index contributed by atoms with van der Waals surface area (Å²) in [5, 5.41) is 0. The Labute approximate surface area is 138 Å². The van der Waals surface area contributed by atoms with E-state index in [-0.39, 0.29) is 12.0 Å². The summed E-state index contributed by atoms with van der Waals surface area (Å²) in [6.07, 6.45) is 0.415. The summed E-state index contributed by atoms with van der Waals surface area (Å²) in [5.41, 5.74) is 2.51. The Hall–Kier alpha value is -2.13. The molecule has 23 heavy (non-hydrogen) atoms. The van der Waals surface area contributed by atoms with Gasteiger partial charge >= 0.3 is 5.97 Å². The summed E-state index contributed by atoms with van der Waals surface area (Å²) in [7, 11) is 0. The fraction of sp³-hybridized carbons (Fsp3) is 0.350. The quantitative estimate of drug-likeness (QED) is 0.684. The van der Waals surface area contributed by atoms with Gasteiger partial charge in [-0.1, -0.05) is 60.7 Å². The van der Waals surface area contributed by atoms with Gasteiger partial charge in [-0.2, -0.15) is 0 Å². The Morgan fingerprint density at radius 2 is 1.65 bits per heavy atom. The zero-order valence-corrected chi connectivity index (χ0v) is 13.9. The molecule has 0 N–H and O–H groups in total. The molecule has 0 bridgehead atoms. The van der Waals surface area contributed by atoms with Crippen LogP contribution in [0.5, 0.6) is 0 Å². The minimum Gasteiger partial charge on any atom is -0.466 e. The molecule has 0 aliphatic heterocycles. The number of hydrogen-bond donors (Lipinski definition) is 0. The zero-order valence-electron chi connectivity index (χ0n) is 13.9. The van der Waals surface area contributed by atoms with Crippen LogP contribution in [-0.2, 0) is 16.1 Å². The number of ether oxygens (including phenoxy) is 1. The topological polar surface area (TPSA) is 29.5 Å². The van der Waals surface area contributed by atoms with Crippen LogP contribution in [0.4, 0.5) is 0 Å². The molecule has 122 valence electrons. The van der Waals surface area contributed by atoms with Gasteiger partial charge in [-0.25, -0.2) is 0 Å². The summed E-state index contributed by atoms with van der Waals surface area (Å²) >= 11 is 0. The molecule has 0 heterocycles. The van der Waals surface area contributed by atoms with Gasteiger partial charge in [-0.3, -0.25) is 9.69 Å². The standard InChI is InChI=1S/C20H25NO2/c1-3-23-20(22)14-15-21(16-18-10-6-4-7-11-18)17(2)19-12-8-5-9-13-19/h4-13,17H,3,14-16H2,1-2H3/t17-/m1/s1. The molecule has 0 spiro atoms. The van der Waals surface area contributed by atoms with E-state index in [1.807, 2.05) is 31.2 Å². The fourth-order valence-electron chi connectivity index (χ4n) is 2.64. The van der Waals surface area contributed by atoms with Crippen LogP contribution < -0.4 is 0 Å². The SMILES string of the molecule is CCOC(=O)CCN(Cc1ccccc1)[C@H](C)c1ccccc1. The molecule has 0 saturated carbocycles. The largest absolute Gasteiger partial charge is 0.466 e. The first kappa shape index (κ1) is 17.2. The van der Waals surface area contributed by atoms with Crippen molar-refractivity contribution in [3.8, 4) is 0 Å². The molecule has 0 radical (unpaired) electrons. The second kappa shape index (κ2) is 9.11.